The van der Waals surface area contributed by atoms with Gasteiger partial charge in [-0.15, -0.1) is 0 Å². The second-order valence-corrected chi connectivity index (χ2v) is 4.66. The smallest absolute Gasteiger partial charge is 0.258 e. The SMILES string of the molecule is N=C(N)NC(=O)/C(=C/c1ccc(Cl)cc1)c1cccnc1. The van der Waals surface area contributed by atoms with Crippen LogP contribution in [0.3, 0.4) is 0 Å². The summed E-state index contributed by atoms with van der Waals surface area (Å²) in [5.41, 5.74) is 7.01. The minimum Gasteiger partial charge on any atom is -0.370 e. The van der Waals surface area contributed by atoms with Gasteiger partial charge >= 0.3 is 0 Å². The number of rotatable bonds is 3. The fraction of sp³-hybridized carbons (Fsp3) is 0. The summed E-state index contributed by atoms with van der Waals surface area (Å²) in [6.45, 7) is 0. The number of nitrogens with two attached hydrogens (primary N) is 1. The molecule has 0 saturated heterocycles. The Kier molecular flexibility index (Phi) is 4.68. The number of benzene rings is 1. The Labute approximate surface area is 127 Å². The second kappa shape index (κ2) is 6.67. The Morgan fingerprint density at radius 2 is 2.00 bits per heavy atom. The van der Waals surface area contributed by atoms with E-state index in [0.717, 1.165) is 5.56 Å². The largest absolute Gasteiger partial charge is 0.370 e. The Morgan fingerprint density at radius 3 is 2.57 bits per heavy atom. The van der Waals surface area contributed by atoms with Crippen LogP contribution in [-0.2, 0) is 4.79 Å². The van der Waals surface area contributed by atoms with Gasteiger partial charge in [0.05, 0.1) is 0 Å². The summed E-state index contributed by atoms with van der Waals surface area (Å²) >= 11 is 5.84. The molecule has 106 valence electrons. The van der Waals surface area contributed by atoms with E-state index in [1.165, 1.54) is 0 Å². The van der Waals surface area contributed by atoms with E-state index in [1.54, 1.807) is 54.9 Å². The predicted molar refractivity (Wildman–Crippen MR) is 83.6 cm³/mol. The van der Waals surface area contributed by atoms with Gasteiger partial charge in [0.15, 0.2) is 5.96 Å². The molecule has 0 aliphatic carbocycles. The van der Waals surface area contributed by atoms with Crippen LogP contribution in [0, 0.1) is 5.41 Å². The van der Waals surface area contributed by atoms with E-state index < -0.39 is 11.9 Å². The molecule has 0 radical (unpaired) electrons. The number of guanidine groups is 1. The molecule has 0 bridgehead atoms. The van der Waals surface area contributed by atoms with Gasteiger partial charge < -0.3 is 5.73 Å². The highest BCUT2D eigenvalue weighted by molar-refractivity contribution is 6.30. The van der Waals surface area contributed by atoms with Crippen LogP contribution >= 0.6 is 11.6 Å². The van der Waals surface area contributed by atoms with Gasteiger partial charge in [0.1, 0.15) is 0 Å². The maximum Gasteiger partial charge on any atom is 0.258 e. The summed E-state index contributed by atoms with van der Waals surface area (Å²) < 4.78 is 0. The molecule has 1 heterocycles. The first-order chi connectivity index (χ1) is 10.1. The number of hydrogen-bond acceptors (Lipinski definition) is 3. The van der Waals surface area contributed by atoms with Crippen molar-refractivity contribution in [3.63, 3.8) is 0 Å². The van der Waals surface area contributed by atoms with Crippen LogP contribution in [0.4, 0.5) is 0 Å². The Morgan fingerprint density at radius 1 is 1.29 bits per heavy atom. The zero-order valence-electron chi connectivity index (χ0n) is 11.0. The number of pyridine rings is 1. The number of nitrogens with one attached hydrogen (secondary N) is 2. The first-order valence-corrected chi connectivity index (χ1v) is 6.47. The molecule has 0 aliphatic heterocycles. The maximum absolute atomic E-state index is 12.2. The Balaban J connectivity index is 2.42. The number of aromatic nitrogens is 1. The third-order valence-corrected chi connectivity index (χ3v) is 2.90. The summed E-state index contributed by atoms with van der Waals surface area (Å²) in [6.07, 6.45) is 4.87. The number of carbonyl (C=O) groups excluding carboxylic acids is 1. The molecule has 5 nitrogen and oxygen atoms in total. The molecule has 4 N–H and O–H groups in total. The average Bonchev–Trinajstić information content (AvgIpc) is 2.46. The molecule has 0 spiro atoms. The van der Waals surface area contributed by atoms with Gasteiger partial charge in [-0.1, -0.05) is 29.8 Å². The lowest BCUT2D eigenvalue weighted by Gasteiger charge is -2.08. The summed E-state index contributed by atoms with van der Waals surface area (Å²) in [4.78, 5) is 16.2. The highest BCUT2D eigenvalue weighted by atomic mass is 35.5. The number of carbonyl (C=O) groups is 1. The molecule has 0 aliphatic rings. The number of nitrogens with zero attached hydrogens (tertiary/aromatic N) is 1. The topological polar surface area (TPSA) is 91.9 Å². The molecular formula is C15H13ClN4O. The van der Waals surface area contributed by atoms with E-state index in [4.69, 9.17) is 22.7 Å². The zero-order chi connectivity index (χ0) is 15.2. The number of amides is 1. The van der Waals surface area contributed by atoms with Crippen molar-refractivity contribution in [1.82, 2.24) is 10.3 Å². The minimum atomic E-state index is -0.467. The summed E-state index contributed by atoms with van der Waals surface area (Å²) in [6, 6.07) is 10.5. The molecule has 2 rings (SSSR count). The Bertz CT molecular complexity index is 681. The molecule has 1 amide bonds. The fourth-order valence-electron chi connectivity index (χ4n) is 1.72. The van der Waals surface area contributed by atoms with Crippen molar-refractivity contribution in [3.05, 3.63) is 64.9 Å². The van der Waals surface area contributed by atoms with Gasteiger partial charge in [0, 0.05) is 28.6 Å². The monoisotopic (exact) mass is 300 g/mol. The van der Waals surface area contributed by atoms with E-state index in [0.29, 0.717) is 16.2 Å². The van der Waals surface area contributed by atoms with Crippen molar-refractivity contribution in [1.29, 1.82) is 5.41 Å². The van der Waals surface area contributed by atoms with Crippen molar-refractivity contribution < 1.29 is 4.79 Å². The fourth-order valence-corrected chi connectivity index (χ4v) is 1.84. The predicted octanol–water partition coefficient (Wildman–Crippen LogP) is 2.29. The number of halogens is 1. The van der Waals surface area contributed by atoms with E-state index >= 15 is 0 Å². The highest BCUT2D eigenvalue weighted by Crippen LogP contribution is 2.19. The molecule has 0 saturated carbocycles. The highest BCUT2D eigenvalue weighted by Gasteiger charge is 2.13. The van der Waals surface area contributed by atoms with Crippen molar-refractivity contribution in [3.8, 4) is 0 Å². The Hall–Kier alpha value is -2.66. The zero-order valence-corrected chi connectivity index (χ0v) is 11.8. The summed E-state index contributed by atoms with van der Waals surface area (Å²) in [5, 5.41) is 10.1. The molecule has 2 aromatic rings. The molecule has 1 aromatic heterocycles. The third-order valence-electron chi connectivity index (χ3n) is 2.65. The summed E-state index contributed by atoms with van der Waals surface area (Å²) in [5.74, 6) is -0.878. The van der Waals surface area contributed by atoms with Crippen molar-refractivity contribution in [2.24, 2.45) is 5.73 Å². The van der Waals surface area contributed by atoms with Crippen molar-refractivity contribution in [2.75, 3.05) is 0 Å². The van der Waals surface area contributed by atoms with Gasteiger partial charge in [0.2, 0.25) is 0 Å². The van der Waals surface area contributed by atoms with Crippen LogP contribution in [-0.4, -0.2) is 16.9 Å². The van der Waals surface area contributed by atoms with Crippen LogP contribution in [0.15, 0.2) is 48.8 Å². The lowest BCUT2D eigenvalue weighted by Crippen LogP contribution is -2.36. The van der Waals surface area contributed by atoms with E-state index in [2.05, 4.69) is 10.3 Å². The van der Waals surface area contributed by atoms with E-state index in [-0.39, 0.29) is 0 Å². The maximum atomic E-state index is 12.2. The first kappa shape index (κ1) is 14.7. The molecule has 21 heavy (non-hydrogen) atoms. The van der Waals surface area contributed by atoms with Gasteiger partial charge in [0.25, 0.3) is 5.91 Å². The molecule has 1 aromatic carbocycles. The molecule has 6 heteroatoms. The lowest BCUT2D eigenvalue weighted by molar-refractivity contribution is -0.114. The second-order valence-electron chi connectivity index (χ2n) is 4.22. The average molecular weight is 301 g/mol. The molecular weight excluding hydrogens is 288 g/mol. The van der Waals surface area contributed by atoms with Crippen LogP contribution < -0.4 is 11.1 Å². The number of hydrogen-bond donors (Lipinski definition) is 3. The normalized spacial score (nSPS) is 11.0. The first-order valence-electron chi connectivity index (χ1n) is 6.09. The van der Waals surface area contributed by atoms with E-state index in [1.807, 2.05) is 0 Å². The van der Waals surface area contributed by atoms with Crippen molar-refractivity contribution in [2.45, 2.75) is 0 Å². The van der Waals surface area contributed by atoms with Crippen LogP contribution in [0.2, 0.25) is 5.02 Å². The van der Waals surface area contributed by atoms with Crippen LogP contribution in [0.1, 0.15) is 11.1 Å². The van der Waals surface area contributed by atoms with Gasteiger partial charge in [-0.25, -0.2) is 0 Å². The molecule has 0 atom stereocenters. The van der Waals surface area contributed by atoms with Gasteiger partial charge in [-0.05, 0) is 29.8 Å². The van der Waals surface area contributed by atoms with Gasteiger partial charge in [-0.2, -0.15) is 0 Å². The van der Waals surface area contributed by atoms with Crippen LogP contribution in [0.5, 0.6) is 0 Å². The molecule has 0 fully saturated rings. The quantitative estimate of drug-likeness (QED) is 0.461. The lowest BCUT2D eigenvalue weighted by atomic mass is 10.0. The van der Waals surface area contributed by atoms with Crippen LogP contribution in [0.25, 0.3) is 11.6 Å². The van der Waals surface area contributed by atoms with Gasteiger partial charge in [-0.3, -0.25) is 20.5 Å². The standard InChI is InChI=1S/C15H13ClN4O/c16-12-5-3-10(4-6-12)8-13(14(21)20-15(17)18)11-2-1-7-19-9-11/h1-9H,(H4,17,18,20,21)/b13-8+. The van der Waals surface area contributed by atoms with Crippen molar-refractivity contribution >= 4 is 35.1 Å². The third kappa shape index (κ3) is 4.15. The van der Waals surface area contributed by atoms with E-state index in [9.17, 15) is 4.79 Å². The minimum absolute atomic E-state index is 0.362. The summed E-state index contributed by atoms with van der Waals surface area (Å²) in [7, 11) is 0. The molecule has 0 unspecified atom stereocenters.